The van der Waals surface area contributed by atoms with Gasteiger partial charge in [-0.25, -0.2) is 22.2 Å². The molecule has 0 bridgehead atoms. The molecule has 0 radical (unpaired) electrons. The van der Waals surface area contributed by atoms with Crippen LogP contribution in [0.4, 0.5) is 24.7 Å². The third kappa shape index (κ3) is 4.65. The number of pyridine rings is 1. The third-order valence-electron chi connectivity index (χ3n) is 4.97. The van der Waals surface area contributed by atoms with E-state index in [2.05, 4.69) is 16.8 Å². The number of hydrogen-bond acceptors (Lipinski definition) is 5. The van der Waals surface area contributed by atoms with E-state index < -0.39 is 43.3 Å². The molecule has 1 saturated heterocycles. The van der Waals surface area contributed by atoms with Gasteiger partial charge in [-0.3, -0.25) is 4.72 Å². The summed E-state index contributed by atoms with van der Waals surface area (Å²) in [6.07, 6.45) is 0.899. The lowest BCUT2D eigenvalue weighted by Gasteiger charge is -2.50. The summed E-state index contributed by atoms with van der Waals surface area (Å²) >= 11 is 6.07. The number of anilines is 2. The van der Waals surface area contributed by atoms with Crippen LogP contribution < -0.4 is 9.62 Å². The second-order valence-electron chi connectivity index (χ2n) is 8.01. The van der Waals surface area contributed by atoms with Gasteiger partial charge >= 0.3 is 0 Å². The van der Waals surface area contributed by atoms with E-state index >= 15 is 0 Å². The van der Waals surface area contributed by atoms with Crippen molar-refractivity contribution in [2.45, 2.75) is 18.2 Å². The average molecular weight is 463 g/mol. The van der Waals surface area contributed by atoms with Crippen LogP contribution >= 0.6 is 11.6 Å². The van der Waals surface area contributed by atoms with Crippen molar-refractivity contribution in [2.24, 2.45) is 5.41 Å². The smallest absolute Gasteiger partial charge is 0.268 e. The van der Waals surface area contributed by atoms with Crippen molar-refractivity contribution >= 4 is 33.1 Å². The maximum Gasteiger partial charge on any atom is 0.268 e. The topological polar surface area (TPSA) is 65.5 Å². The van der Waals surface area contributed by atoms with Gasteiger partial charge < -0.3 is 9.80 Å². The fourth-order valence-corrected chi connectivity index (χ4v) is 4.86. The predicted octanol–water partition coefficient (Wildman–Crippen LogP) is 3.73. The van der Waals surface area contributed by atoms with Crippen molar-refractivity contribution in [3.8, 4) is 0 Å². The summed E-state index contributed by atoms with van der Waals surface area (Å²) < 4.78 is 69.6. The Bertz CT molecular complexity index is 1060. The number of sulfonamides is 1. The molecule has 2 heterocycles. The average Bonchev–Trinajstić information content (AvgIpc) is 2.60. The Morgan fingerprint density at radius 3 is 2.53 bits per heavy atom. The first-order chi connectivity index (χ1) is 13.9. The highest BCUT2D eigenvalue weighted by atomic mass is 35.5. The van der Waals surface area contributed by atoms with Gasteiger partial charge in [0.25, 0.3) is 10.0 Å². The molecule has 1 aliphatic rings. The molecule has 11 heteroatoms. The summed E-state index contributed by atoms with van der Waals surface area (Å²) in [6.45, 7) is 4.02. The minimum Gasteiger partial charge on any atom is -0.369 e. The number of nitrogens with zero attached hydrogens (tertiary/aromatic N) is 3. The van der Waals surface area contributed by atoms with E-state index in [0.29, 0.717) is 13.1 Å². The van der Waals surface area contributed by atoms with Gasteiger partial charge in [-0.15, -0.1) is 0 Å². The molecule has 1 fully saturated rings. The fraction of sp³-hybridized carbons (Fsp3) is 0.421. The summed E-state index contributed by atoms with van der Waals surface area (Å²) in [5.74, 6) is -4.05. The van der Waals surface area contributed by atoms with Gasteiger partial charge in [-0.2, -0.15) is 4.39 Å². The molecular weight excluding hydrogens is 441 g/mol. The Morgan fingerprint density at radius 2 is 1.93 bits per heavy atom. The largest absolute Gasteiger partial charge is 0.369 e. The molecule has 0 saturated carbocycles. The molecule has 1 aromatic heterocycles. The number of hydrogen-bond donors (Lipinski definition) is 1. The van der Waals surface area contributed by atoms with E-state index in [0.717, 1.165) is 31.2 Å². The molecule has 6 nitrogen and oxygen atoms in total. The zero-order valence-electron chi connectivity index (χ0n) is 16.7. The van der Waals surface area contributed by atoms with E-state index in [1.54, 1.807) is 4.90 Å². The Labute approximate surface area is 178 Å². The first-order valence-electron chi connectivity index (χ1n) is 9.14. The van der Waals surface area contributed by atoms with Crippen molar-refractivity contribution < 1.29 is 21.6 Å². The number of halogens is 4. The molecular formula is C19H22ClF3N4O2S. The van der Waals surface area contributed by atoms with Crippen LogP contribution in [0.5, 0.6) is 0 Å². The quantitative estimate of drug-likeness (QED) is 0.501. The Balaban J connectivity index is 1.85. The van der Waals surface area contributed by atoms with Crippen LogP contribution in [0.2, 0.25) is 5.02 Å². The van der Waals surface area contributed by atoms with E-state index in [1.165, 1.54) is 6.07 Å². The molecule has 0 aliphatic carbocycles. The zero-order valence-corrected chi connectivity index (χ0v) is 18.3. The Hall–Kier alpha value is -2.04. The lowest BCUT2D eigenvalue weighted by molar-refractivity contribution is 0.196. The van der Waals surface area contributed by atoms with Crippen LogP contribution in [0.15, 0.2) is 29.2 Å². The molecule has 0 amide bonds. The molecule has 0 spiro atoms. The van der Waals surface area contributed by atoms with Gasteiger partial charge in [0.1, 0.15) is 16.7 Å². The molecule has 1 aliphatic heterocycles. The van der Waals surface area contributed by atoms with Gasteiger partial charge in [0.15, 0.2) is 10.7 Å². The van der Waals surface area contributed by atoms with E-state index in [9.17, 15) is 21.6 Å². The summed E-state index contributed by atoms with van der Waals surface area (Å²) in [5, 5.41) is -0.487. The maximum absolute atomic E-state index is 14.8. The maximum atomic E-state index is 14.8. The molecule has 164 valence electrons. The minimum absolute atomic E-state index is 0.0318. The lowest BCUT2D eigenvalue weighted by Crippen LogP contribution is -2.55. The van der Waals surface area contributed by atoms with Crippen molar-refractivity contribution in [2.75, 3.05) is 43.4 Å². The molecule has 1 N–H and O–H groups in total. The third-order valence-corrected chi connectivity index (χ3v) is 6.72. The Kier molecular flexibility index (Phi) is 6.22. The monoisotopic (exact) mass is 462 g/mol. The normalized spacial score (nSPS) is 15.9. The van der Waals surface area contributed by atoms with Crippen molar-refractivity contribution in [1.82, 2.24) is 9.88 Å². The van der Waals surface area contributed by atoms with Gasteiger partial charge in [-0.1, -0.05) is 24.6 Å². The predicted molar refractivity (Wildman–Crippen MR) is 110 cm³/mol. The lowest BCUT2D eigenvalue weighted by atomic mass is 9.78. The van der Waals surface area contributed by atoms with Crippen molar-refractivity contribution in [3.63, 3.8) is 0 Å². The fourth-order valence-electron chi connectivity index (χ4n) is 3.39. The highest BCUT2D eigenvalue weighted by Gasteiger charge is 2.40. The first-order valence-corrected chi connectivity index (χ1v) is 11.0. The molecule has 3 rings (SSSR count). The standard InChI is InChI=1S/C19H22ClF3N4O2S/c1-19(7-8-26(2)3)10-27(11-19)13-9-12(21)18(17(23)16(13)20)30(28,29)25-15-6-4-5-14(22)24-15/h4-6,9H,7-8,10-11H2,1-3H3,(H,24,25). The summed E-state index contributed by atoms with van der Waals surface area (Å²) in [7, 11) is -0.791. The Morgan fingerprint density at radius 1 is 1.27 bits per heavy atom. The number of rotatable bonds is 7. The van der Waals surface area contributed by atoms with E-state index in [1.807, 2.05) is 18.8 Å². The number of aromatic nitrogens is 1. The second kappa shape index (κ2) is 8.24. The van der Waals surface area contributed by atoms with E-state index in [-0.39, 0.29) is 11.1 Å². The summed E-state index contributed by atoms with van der Waals surface area (Å²) in [6, 6.07) is 4.27. The van der Waals surface area contributed by atoms with Crippen LogP contribution in [0, 0.1) is 23.0 Å². The molecule has 0 unspecified atom stereocenters. The van der Waals surface area contributed by atoms with Crippen LogP contribution in [-0.2, 0) is 10.0 Å². The van der Waals surface area contributed by atoms with Gasteiger partial charge in [-0.05, 0) is 39.2 Å². The molecule has 1 aromatic carbocycles. The first kappa shape index (κ1) is 22.6. The highest BCUT2D eigenvalue weighted by molar-refractivity contribution is 7.92. The van der Waals surface area contributed by atoms with Gasteiger partial charge in [0, 0.05) is 24.6 Å². The van der Waals surface area contributed by atoms with Crippen molar-refractivity contribution in [1.29, 1.82) is 0 Å². The van der Waals surface area contributed by atoms with Gasteiger partial charge in [0.05, 0.1) is 5.69 Å². The van der Waals surface area contributed by atoms with Gasteiger partial charge in [0.2, 0.25) is 5.95 Å². The van der Waals surface area contributed by atoms with Crippen LogP contribution in [0.3, 0.4) is 0 Å². The second-order valence-corrected chi connectivity index (χ2v) is 10.0. The summed E-state index contributed by atoms with van der Waals surface area (Å²) in [4.78, 5) is 5.86. The highest BCUT2D eigenvalue weighted by Crippen LogP contribution is 2.42. The molecule has 2 aromatic rings. The number of benzene rings is 1. The SMILES string of the molecule is CN(C)CCC1(C)CN(c2cc(F)c(S(=O)(=O)Nc3cccc(F)n3)c(F)c2Cl)C1. The molecule has 0 atom stereocenters. The zero-order chi connectivity index (χ0) is 22.3. The van der Waals surface area contributed by atoms with E-state index in [4.69, 9.17) is 11.6 Å². The minimum atomic E-state index is -4.72. The van der Waals surface area contributed by atoms with Crippen LogP contribution in [0.1, 0.15) is 13.3 Å². The van der Waals surface area contributed by atoms with Crippen molar-refractivity contribution in [3.05, 3.63) is 46.9 Å². The van der Waals surface area contributed by atoms with Crippen LogP contribution in [0.25, 0.3) is 0 Å². The molecule has 30 heavy (non-hydrogen) atoms. The van der Waals surface area contributed by atoms with Crippen LogP contribution in [-0.4, -0.2) is 52.0 Å². The number of nitrogens with one attached hydrogen (secondary N) is 1. The summed E-state index contributed by atoms with van der Waals surface area (Å²) in [5.41, 5.74) is 0.0624.